The van der Waals surface area contributed by atoms with Crippen molar-refractivity contribution in [1.29, 1.82) is 0 Å². The van der Waals surface area contributed by atoms with Gasteiger partial charge in [0.15, 0.2) is 17.2 Å². The van der Waals surface area contributed by atoms with Crippen molar-refractivity contribution in [2.45, 2.75) is 37.6 Å². The molecule has 172 valence electrons. The van der Waals surface area contributed by atoms with Crippen LogP contribution in [0.2, 0.25) is 0 Å². The third-order valence-corrected chi connectivity index (χ3v) is 5.67. The summed E-state index contributed by atoms with van der Waals surface area (Å²) < 4.78 is 74.0. The quantitative estimate of drug-likeness (QED) is 0.608. The number of amides is 2. The van der Waals surface area contributed by atoms with Gasteiger partial charge in [0.1, 0.15) is 11.8 Å². The molecule has 2 amide bonds. The van der Waals surface area contributed by atoms with Gasteiger partial charge in [0.2, 0.25) is 5.82 Å². The molecule has 0 unspecified atom stereocenters. The fourth-order valence-corrected chi connectivity index (χ4v) is 3.70. The van der Waals surface area contributed by atoms with Crippen LogP contribution in [0.15, 0.2) is 30.5 Å². The molecule has 1 saturated heterocycles. The van der Waals surface area contributed by atoms with E-state index in [1.165, 1.54) is 6.07 Å². The van der Waals surface area contributed by atoms with Gasteiger partial charge in [-0.15, -0.1) is 0 Å². The molecule has 0 saturated carbocycles. The molecular weight excluding hydrogens is 441 g/mol. The molecular formula is C20H18F5N3O4. The molecule has 32 heavy (non-hydrogen) atoms. The van der Waals surface area contributed by atoms with E-state index in [1.54, 1.807) is 0 Å². The van der Waals surface area contributed by atoms with Crippen LogP contribution in [0.4, 0.5) is 27.6 Å². The van der Waals surface area contributed by atoms with Gasteiger partial charge in [-0.1, -0.05) is 13.0 Å². The summed E-state index contributed by atoms with van der Waals surface area (Å²) in [6.45, 7) is 1.86. The number of rotatable bonds is 4. The highest BCUT2D eigenvalue weighted by Crippen LogP contribution is 2.54. The van der Waals surface area contributed by atoms with Crippen LogP contribution >= 0.6 is 0 Å². The van der Waals surface area contributed by atoms with Crippen LogP contribution in [0.3, 0.4) is 0 Å². The summed E-state index contributed by atoms with van der Waals surface area (Å²) in [7, 11) is 0. The minimum Gasteiger partial charge on any atom is -0.505 e. The Morgan fingerprint density at radius 1 is 1.25 bits per heavy atom. The molecule has 2 aromatic rings. The van der Waals surface area contributed by atoms with E-state index < -0.39 is 64.5 Å². The number of hydrogen-bond donors (Lipinski definition) is 3. The molecule has 2 heterocycles. The maximum absolute atomic E-state index is 14.0. The summed E-state index contributed by atoms with van der Waals surface area (Å²) in [5.74, 6) is -9.22. The van der Waals surface area contributed by atoms with Gasteiger partial charge in [0.05, 0.1) is 0 Å². The van der Waals surface area contributed by atoms with Gasteiger partial charge in [-0.25, -0.2) is 4.39 Å². The predicted molar refractivity (Wildman–Crippen MR) is 101 cm³/mol. The van der Waals surface area contributed by atoms with E-state index in [0.717, 1.165) is 32.2 Å². The van der Waals surface area contributed by atoms with Crippen molar-refractivity contribution in [3.63, 3.8) is 0 Å². The number of phenolic OH excluding ortho intramolecular Hbond substituents is 1. The normalized spacial score (nSPS) is 25.5. The number of hydrogen-bond acceptors (Lipinski definition) is 5. The molecule has 0 spiro atoms. The fourth-order valence-electron chi connectivity index (χ4n) is 3.70. The van der Waals surface area contributed by atoms with Crippen LogP contribution in [0.25, 0.3) is 0 Å². The third-order valence-electron chi connectivity index (χ3n) is 5.67. The van der Waals surface area contributed by atoms with Crippen molar-refractivity contribution >= 4 is 17.5 Å². The summed E-state index contributed by atoms with van der Waals surface area (Å²) in [5.41, 5.74) is 1.64. The molecule has 0 radical (unpaired) electrons. The molecule has 4 N–H and O–H groups in total. The van der Waals surface area contributed by atoms with Gasteiger partial charge in [0.25, 0.3) is 11.8 Å². The second kappa shape index (κ2) is 8.01. The van der Waals surface area contributed by atoms with Crippen molar-refractivity contribution < 1.29 is 41.4 Å². The van der Waals surface area contributed by atoms with E-state index in [4.69, 9.17) is 10.5 Å². The zero-order chi connectivity index (χ0) is 24.0. The van der Waals surface area contributed by atoms with Gasteiger partial charge in [0, 0.05) is 29.3 Å². The number of carbonyl (C=O) groups excluding carboxylic acids is 2. The lowest BCUT2D eigenvalue weighted by molar-refractivity contribution is -0.272. The minimum atomic E-state index is -4.93. The highest BCUT2D eigenvalue weighted by Gasteiger charge is 2.65. The van der Waals surface area contributed by atoms with Crippen LogP contribution < -0.4 is 11.1 Å². The first-order valence-corrected chi connectivity index (χ1v) is 9.26. The van der Waals surface area contributed by atoms with Crippen LogP contribution in [0.5, 0.6) is 5.75 Å². The third kappa shape index (κ3) is 3.85. The average molecular weight is 459 g/mol. The number of aromatic nitrogens is 1. The number of pyridine rings is 1. The first-order chi connectivity index (χ1) is 14.8. The number of primary amides is 1. The fraction of sp³-hybridized carbons (Fsp3) is 0.350. The first-order valence-electron chi connectivity index (χ1n) is 9.26. The minimum absolute atomic E-state index is 0.0103. The second-order valence-corrected chi connectivity index (χ2v) is 7.54. The number of alkyl halides is 3. The number of anilines is 1. The number of phenols is 1. The SMILES string of the molecule is C[C@H]1[C@@H](c2ccc(F)c(F)c2O)[C@H](C(=O)Nc2ccnc(C(N)=O)c2)O[C@@]1(C)C(F)(F)F. The summed E-state index contributed by atoms with van der Waals surface area (Å²) in [5, 5.41) is 12.4. The van der Waals surface area contributed by atoms with Gasteiger partial charge >= 0.3 is 6.18 Å². The number of nitrogens with zero attached hydrogens (tertiary/aromatic N) is 1. The number of benzene rings is 1. The molecule has 0 aliphatic carbocycles. The maximum atomic E-state index is 14.0. The molecule has 4 atom stereocenters. The average Bonchev–Trinajstić information content (AvgIpc) is 2.99. The van der Waals surface area contributed by atoms with E-state index in [-0.39, 0.29) is 11.4 Å². The summed E-state index contributed by atoms with van der Waals surface area (Å²) in [4.78, 5) is 27.9. The molecule has 1 aliphatic rings. The van der Waals surface area contributed by atoms with Crippen molar-refractivity contribution in [2.24, 2.45) is 11.7 Å². The topological polar surface area (TPSA) is 115 Å². The standard InChI is InChI=1S/C20H18F5N3O4/c1-8-13(10-3-4-11(21)14(22)15(10)29)16(32-19(8,2)20(23,24)25)18(31)28-9-5-6-27-12(7-9)17(26)30/h3-8,13,16,29H,1-2H3,(H2,26,30)(H,27,28,31)/t8-,13-,16+,19+/m0/s1. The van der Waals surface area contributed by atoms with Crippen molar-refractivity contribution in [1.82, 2.24) is 4.98 Å². The molecule has 12 heteroatoms. The number of aromatic hydroxyl groups is 1. The Morgan fingerprint density at radius 3 is 2.50 bits per heavy atom. The smallest absolute Gasteiger partial charge is 0.417 e. The summed E-state index contributed by atoms with van der Waals surface area (Å²) in [6.07, 6.45) is -5.63. The first kappa shape index (κ1) is 23.4. The van der Waals surface area contributed by atoms with E-state index >= 15 is 0 Å². The summed E-state index contributed by atoms with van der Waals surface area (Å²) >= 11 is 0. The molecule has 1 aromatic heterocycles. The highest BCUT2D eigenvalue weighted by atomic mass is 19.4. The molecule has 1 aliphatic heterocycles. The van der Waals surface area contributed by atoms with Gasteiger partial charge in [-0.05, 0) is 25.1 Å². The Bertz CT molecular complexity index is 1080. The predicted octanol–water partition coefficient (Wildman–Crippen LogP) is 3.24. The summed E-state index contributed by atoms with van der Waals surface area (Å²) in [6, 6.07) is 3.90. The molecule has 0 bridgehead atoms. The lowest BCUT2D eigenvalue weighted by atomic mass is 9.77. The van der Waals surface area contributed by atoms with Gasteiger partial charge in [-0.2, -0.15) is 17.6 Å². The second-order valence-electron chi connectivity index (χ2n) is 7.54. The van der Waals surface area contributed by atoms with E-state index in [2.05, 4.69) is 10.3 Å². The van der Waals surface area contributed by atoms with Crippen molar-refractivity contribution in [3.8, 4) is 5.75 Å². The zero-order valence-electron chi connectivity index (χ0n) is 16.7. The zero-order valence-corrected chi connectivity index (χ0v) is 16.7. The number of carbonyl (C=O) groups is 2. The molecule has 3 rings (SSSR count). The van der Waals surface area contributed by atoms with E-state index in [9.17, 15) is 36.6 Å². The Hall–Kier alpha value is -3.28. The van der Waals surface area contributed by atoms with Crippen LogP contribution in [-0.2, 0) is 9.53 Å². The van der Waals surface area contributed by atoms with E-state index in [1.807, 2.05) is 0 Å². The van der Waals surface area contributed by atoms with Gasteiger partial charge in [-0.3, -0.25) is 14.6 Å². The van der Waals surface area contributed by atoms with Crippen molar-refractivity contribution in [2.75, 3.05) is 5.32 Å². The molecule has 1 fully saturated rings. The van der Waals surface area contributed by atoms with E-state index in [0.29, 0.717) is 6.07 Å². The molecule has 7 nitrogen and oxygen atoms in total. The van der Waals surface area contributed by atoms with Crippen LogP contribution in [0, 0.1) is 17.6 Å². The van der Waals surface area contributed by atoms with Crippen LogP contribution in [0.1, 0.15) is 35.8 Å². The Kier molecular flexibility index (Phi) is 5.85. The highest BCUT2D eigenvalue weighted by molar-refractivity contribution is 5.97. The van der Waals surface area contributed by atoms with Crippen molar-refractivity contribution in [3.05, 3.63) is 53.4 Å². The number of nitrogens with one attached hydrogen (secondary N) is 1. The lowest BCUT2D eigenvalue weighted by Gasteiger charge is -2.31. The Morgan fingerprint density at radius 2 is 1.91 bits per heavy atom. The number of nitrogens with two attached hydrogens (primary N) is 1. The Labute approximate surface area is 178 Å². The Balaban J connectivity index is 2.05. The monoisotopic (exact) mass is 459 g/mol. The maximum Gasteiger partial charge on any atom is 0.417 e. The number of halogens is 5. The molecule has 1 aromatic carbocycles. The van der Waals surface area contributed by atoms with Crippen LogP contribution in [-0.4, -0.2) is 39.8 Å². The largest absolute Gasteiger partial charge is 0.505 e. The lowest BCUT2D eigenvalue weighted by Crippen LogP contribution is -2.47. The number of ether oxygens (including phenoxy) is 1. The van der Waals surface area contributed by atoms with Gasteiger partial charge < -0.3 is 20.9 Å².